The summed E-state index contributed by atoms with van der Waals surface area (Å²) in [6.45, 7) is 0.351. The summed E-state index contributed by atoms with van der Waals surface area (Å²) in [5.74, 6) is 1.03. The zero-order chi connectivity index (χ0) is 22.3. The van der Waals surface area contributed by atoms with Crippen LogP contribution in [0.1, 0.15) is 5.69 Å². The summed E-state index contributed by atoms with van der Waals surface area (Å²) in [5, 5.41) is 4.42. The predicted molar refractivity (Wildman–Crippen MR) is 118 cm³/mol. The van der Waals surface area contributed by atoms with Gasteiger partial charge in [0.1, 0.15) is 24.7 Å². The summed E-state index contributed by atoms with van der Waals surface area (Å²) >= 11 is 0. The Morgan fingerprint density at radius 3 is 2.31 bits per heavy atom. The quantitative estimate of drug-likeness (QED) is 0.393. The lowest BCUT2D eigenvalue weighted by atomic mass is 10.0. The third-order valence-corrected chi connectivity index (χ3v) is 4.89. The van der Waals surface area contributed by atoms with Crippen molar-refractivity contribution >= 4 is 5.97 Å². The number of hydrogen-bond acceptors (Lipinski definition) is 7. The summed E-state index contributed by atoms with van der Waals surface area (Å²) in [6, 6.07) is 15.1. The molecule has 0 N–H and O–H groups in total. The van der Waals surface area contributed by atoms with Crippen molar-refractivity contribution in [3.63, 3.8) is 0 Å². The molecule has 8 nitrogen and oxygen atoms in total. The first-order valence-electron chi connectivity index (χ1n) is 9.93. The van der Waals surface area contributed by atoms with Crippen LogP contribution in [0.15, 0.2) is 73.3 Å². The Morgan fingerprint density at radius 1 is 0.906 bits per heavy atom. The fourth-order valence-corrected chi connectivity index (χ4v) is 3.22. The first kappa shape index (κ1) is 21.0. The number of aromatic nitrogens is 4. The van der Waals surface area contributed by atoms with Gasteiger partial charge in [-0.3, -0.25) is 19.4 Å². The molecule has 0 amide bonds. The molecule has 32 heavy (non-hydrogen) atoms. The maximum Gasteiger partial charge on any atom is 0.327 e. The van der Waals surface area contributed by atoms with Crippen molar-refractivity contribution in [3.05, 3.63) is 79.0 Å². The Kier molecular flexibility index (Phi) is 6.41. The second-order valence-electron chi connectivity index (χ2n) is 6.88. The lowest BCUT2D eigenvalue weighted by Crippen LogP contribution is -2.13. The van der Waals surface area contributed by atoms with Gasteiger partial charge in [0, 0.05) is 23.5 Å². The minimum atomic E-state index is -0.373. The highest BCUT2D eigenvalue weighted by atomic mass is 16.5. The van der Waals surface area contributed by atoms with Crippen molar-refractivity contribution in [1.29, 1.82) is 0 Å². The van der Waals surface area contributed by atoms with E-state index in [1.165, 1.54) is 7.11 Å². The lowest BCUT2D eigenvalue weighted by molar-refractivity contribution is -0.141. The van der Waals surface area contributed by atoms with E-state index in [0.717, 1.165) is 28.1 Å². The van der Waals surface area contributed by atoms with Crippen molar-refractivity contribution in [2.75, 3.05) is 14.2 Å². The molecule has 0 radical (unpaired) electrons. The van der Waals surface area contributed by atoms with Gasteiger partial charge in [0.25, 0.3) is 0 Å². The zero-order valence-electron chi connectivity index (χ0n) is 17.8. The number of carbonyl (C=O) groups excluding carboxylic acids is 1. The second-order valence-corrected chi connectivity index (χ2v) is 6.88. The van der Waals surface area contributed by atoms with E-state index >= 15 is 0 Å². The summed E-state index contributed by atoms with van der Waals surface area (Å²) in [4.78, 5) is 20.3. The van der Waals surface area contributed by atoms with Gasteiger partial charge in [-0.15, -0.1) is 0 Å². The van der Waals surface area contributed by atoms with E-state index in [0.29, 0.717) is 18.1 Å². The van der Waals surface area contributed by atoms with Crippen molar-refractivity contribution in [1.82, 2.24) is 19.7 Å². The second kappa shape index (κ2) is 9.74. The third kappa shape index (κ3) is 4.75. The molecule has 4 aromatic rings. The zero-order valence-corrected chi connectivity index (χ0v) is 17.8. The van der Waals surface area contributed by atoms with Gasteiger partial charge in [-0.1, -0.05) is 0 Å². The number of methoxy groups -OCH3 is 2. The minimum Gasteiger partial charge on any atom is -0.495 e. The molecule has 1 aromatic carbocycles. The van der Waals surface area contributed by atoms with Crippen LogP contribution in [-0.4, -0.2) is 39.9 Å². The molecule has 3 heterocycles. The Hall–Kier alpha value is -4.20. The van der Waals surface area contributed by atoms with Gasteiger partial charge in [0.05, 0.1) is 38.0 Å². The van der Waals surface area contributed by atoms with Crippen molar-refractivity contribution in [2.45, 2.75) is 13.2 Å². The molecular formula is C24H22N4O4. The average molecular weight is 430 g/mol. The van der Waals surface area contributed by atoms with Crippen molar-refractivity contribution in [3.8, 4) is 33.9 Å². The first-order valence-corrected chi connectivity index (χ1v) is 9.93. The van der Waals surface area contributed by atoms with E-state index in [9.17, 15) is 4.79 Å². The molecule has 0 bridgehead atoms. The third-order valence-electron chi connectivity index (χ3n) is 4.89. The van der Waals surface area contributed by atoms with E-state index in [-0.39, 0.29) is 12.5 Å². The lowest BCUT2D eigenvalue weighted by Gasteiger charge is -2.11. The Bertz CT molecular complexity index is 1170. The molecule has 0 aliphatic heterocycles. The molecule has 0 aliphatic carbocycles. The number of pyridine rings is 2. The van der Waals surface area contributed by atoms with Crippen LogP contribution in [0.5, 0.6) is 11.5 Å². The van der Waals surface area contributed by atoms with Gasteiger partial charge >= 0.3 is 5.97 Å². The first-order chi connectivity index (χ1) is 15.7. The molecule has 0 saturated heterocycles. The molecule has 0 unspecified atom stereocenters. The maximum atomic E-state index is 11.9. The fraction of sp³-hybridized carbons (Fsp3) is 0.167. The molecule has 0 saturated carbocycles. The monoisotopic (exact) mass is 430 g/mol. The molecule has 4 rings (SSSR count). The highest BCUT2D eigenvalue weighted by molar-refractivity contribution is 5.82. The smallest absolute Gasteiger partial charge is 0.327 e. The number of benzene rings is 1. The molecular weight excluding hydrogens is 408 g/mol. The molecule has 0 fully saturated rings. The van der Waals surface area contributed by atoms with Gasteiger partial charge in [0.15, 0.2) is 0 Å². The van der Waals surface area contributed by atoms with Crippen LogP contribution in [0.4, 0.5) is 0 Å². The molecule has 8 heteroatoms. The van der Waals surface area contributed by atoms with E-state index < -0.39 is 0 Å². The maximum absolute atomic E-state index is 11.9. The number of rotatable bonds is 8. The standard InChI is InChI=1S/C24H22N4O4/c1-30-21-8-5-19(26-13-21)16-32-20-6-3-18(4-7-20)24-22(17-9-11-25-12-10-17)14-27-28(24)15-23(29)31-2/h3-14H,15-16H2,1-2H3. The van der Waals surface area contributed by atoms with Crippen LogP contribution in [0.3, 0.4) is 0 Å². The molecule has 0 atom stereocenters. The van der Waals surface area contributed by atoms with Gasteiger partial charge < -0.3 is 14.2 Å². The van der Waals surface area contributed by atoms with Crippen LogP contribution in [-0.2, 0) is 22.7 Å². The van der Waals surface area contributed by atoms with E-state index in [1.807, 2.05) is 48.5 Å². The van der Waals surface area contributed by atoms with Crippen molar-refractivity contribution < 1.29 is 19.0 Å². The SMILES string of the molecule is COC(=O)Cn1ncc(-c2ccncc2)c1-c1ccc(OCc2ccc(OC)cn2)cc1. The largest absolute Gasteiger partial charge is 0.495 e. The summed E-state index contributed by atoms with van der Waals surface area (Å²) in [7, 11) is 2.96. The number of nitrogens with zero attached hydrogens (tertiary/aromatic N) is 4. The summed E-state index contributed by atoms with van der Waals surface area (Å²) < 4.78 is 17.4. The molecule has 0 spiro atoms. The molecule has 3 aromatic heterocycles. The number of esters is 1. The van der Waals surface area contributed by atoms with Gasteiger partial charge in [-0.05, 0) is 54.1 Å². The Labute approximate surface area is 185 Å². The summed E-state index contributed by atoms with van der Waals surface area (Å²) in [6.07, 6.45) is 6.85. The highest BCUT2D eigenvalue weighted by Gasteiger charge is 2.17. The van der Waals surface area contributed by atoms with Gasteiger partial charge in [-0.25, -0.2) is 0 Å². The predicted octanol–water partition coefficient (Wildman–Crippen LogP) is 3.77. The highest BCUT2D eigenvalue weighted by Crippen LogP contribution is 2.33. The van der Waals surface area contributed by atoms with E-state index in [1.54, 1.807) is 36.6 Å². The van der Waals surface area contributed by atoms with Crippen LogP contribution < -0.4 is 9.47 Å². The van der Waals surface area contributed by atoms with Gasteiger partial charge in [0.2, 0.25) is 0 Å². The number of carbonyl (C=O) groups is 1. The minimum absolute atomic E-state index is 0.0122. The van der Waals surface area contributed by atoms with Crippen molar-refractivity contribution in [2.24, 2.45) is 0 Å². The fourth-order valence-electron chi connectivity index (χ4n) is 3.22. The van der Waals surface area contributed by atoms with Crippen LogP contribution >= 0.6 is 0 Å². The van der Waals surface area contributed by atoms with E-state index in [4.69, 9.17) is 14.2 Å². The molecule has 162 valence electrons. The van der Waals surface area contributed by atoms with Crippen LogP contribution in [0.2, 0.25) is 0 Å². The average Bonchev–Trinajstić information content (AvgIpc) is 3.27. The topological polar surface area (TPSA) is 88.4 Å². The van der Waals surface area contributed by atoms with E-state index in [2.05, 4.69) is 15.1 Å². The van der Waals surface area contributed by atoms with Crippen LogP contribution in [0.25, 0.3) is 22.4 Å². The van der Waals surface area contributed by atoms with Crippen LogP contribution in [0, 0.1) is 0 Å². The normalized spacial score (nSPS) is 10.6. The Balaban J connectivity index is 1.58. The summed E-state index contributed by atoms with van der Waals surface area (Å²) in [5.41, 5.74) is 4.36. The Morgan fingerprint density at radius 2 is 1.66 bits per heavy atom. The molecule has 0 aliphatic rings. The number of hydrogen-bond donors (Lipinski definition) is 0. The van der Waals surface area contributed by atoms with Gasteiger partial charge in [-0.2, -0.15) is 5.10 Å². The number of ether oxygens (including phenoxy) is 3.